The summed E-state index contributed by atoms with van der Waals surface area (Å²) in [5.74, 6) is -0.652. The van der Waals surface area contributed by atoms with Crippen LogP contribution in [0, 0.1) is 0 Å². The highest BCUT2D eigenvalue weighted by Gasteiger charge is 2.33. The Kier molecular flexibility index (Phi) is 5.27. The van der Waals surface area contributed by atoms with Crippen molar-refractivity contribution in [1.29, 1.82) is 0 Å². The van der Waals surface area contributed by atoms with Crippen molar-refractivity contribution in [2.24, 2.45) is 5.10 Å². The van der Waals surface area contributed by atoms with Gasteiger partial charge < -0.3 is 0 Å². The zero-order valence-electron chi connectivity index (χ0n) is 11.3. The second kappa shape index (κ2) is 7.01. The van der Waals surface area contributed by atoms with Gasteiger partial charge in [-0.25, -0.2) is 5.43 Å². The van der Waals surface area contributed by atoms with E-state index >= 15 is 0 Å². The number of halogens is 5. The molecule has 122 valence electrons. The van der Waals surface area contributed by atoms with E-state index in [2.05, 4.69) is 15.6 Å². The molecule has 0 fully saturated rings. The third-order valence-electron chi connectivity index (χ3n) is 2.62. The highest BCUT2D eigenvalue weighted by Crippen LogP contribution is 2.27. The molecule has 2 aromatic rings. The number of benzene rings is 1. The van der Waals surface area contributed by atoms with Crippen molar-refractivity contribution in [3.05, 3.63) is 51.8 Å². The van der Waals surface area contributed by atoms with Gasteiger partial charge in [-0.15, -0.1) is 0 Å². The smallest absolute Gasteiger partial charge is 0.271 e. The van der Waals surface area contributed by atoms with Crippen LogP contribution in [0.3, 0.4) is 0 Å². The number of alkyl halides is 3. The van der Waals surface area contributed by atoms with Crippen LogP contribution in [0.1, 0.15) is 11.3 Å². The quantitative estimate of drug-likeness (QED) is 0.667. The summed E-state index contributed by atoms with van der Waals surface area (Å²) >= 11 is 11.8. The second-order valence-corrected chi connectivity index (χ2v) is 5.14. The number of carbonyl (C=O) groups excluding carboxylic acids is 1. The third kappa shape index (κ3) is 4.70. The molecule has 0 atom stereocenters. The lowest BCUT2D eigenvalue weighted by molar-refractivity contribution is -0.141. The Labute approximate surface area is 138 Å². The number of hydrogen-bond donors (Lipinski definition) is 1. The molecule has 0 saturated heterocycles. The average molecular weight is 365 g/mol. The molecule has 0 spiro atoms. The summed E-state index contributed by atoms with van der Waals surface area (Å²) in [5.41, 5.74) is 1.49. The first-order valence-corrected chi connectivity index (χ1v) is 6.89. The van der Waals surface area contributed by atoms with Gasteiger partial charge in [-0.1, -0.05) is 29.3 Å². The first-order chi connectivity index (χ1) is 10.8. The molecule has 0 bridgehead atoms. The molecule has 1 amide bonds. The van der Waals surface area contributed by atoms with Crippen molar-refractivity contribution < 1.29 is 18.0 Å². The molecule has 5 nitrogen and oxygen atoms in total. The van der Waals surface area contributed by atoms with Gasteiger partial charge in [0.25, 0.3) is 5.91 Å². The summed E-state index contributed by atoms with van der Waals surface area (Å²) in [6.07, 6.45) is -2.26. The van der Waals surface area contributed by atoms with Gasteiger partial charge in [0.1, 0.15) is 6.54 Å². The Bertz CT molecular complexity index is 723. The van der Waals surface area contributed by atoms with Gasteiger partial charge in [0.15, 0.2) is 5.69 Å². The third-order valence-corrected chi connectivity index (χ3v) is 3.28. The number of aromatic nitrogens is 2. The van der Waals surface area contributed by atoms with Crippen LogP contribution in [0.5, 0.6) is 0 Å². The molecule has 0 saturated carbocycles. The van der Waals surface area contributed by atoms with Crippen LogP contribution in [0.15, 0.2) is 35.6 Å². The Balaban J connectivity index is 1.95. The predicted octanol–water partition coefficient (Wildman–Crippen LogP) is 3.36. The van der Waals surface area contributed by atoms with Crippen molar-refractivity contribution in [3.8, 4) is 0 Å². The Morgan fingerprint density at radius 1 is 1.30 bits per heavy atom. The predicted molar refractivity (Wildman–Crippen MR) is 79.4 cm³/mol. The summed E-state index contributed by atoms with van der Waals surface area (Å²) in [7, 11) is 0. The summed E-state index contributed by atoms with van der Waals surface area (Å²) in [4.78, 5) is 11.6. The van der Waals surface area contributed by atoms with E-state index in [1.165, 1.54) is 6.21 Å². The first-order valence-electron chi connectivity index (χ1n) is 6.14. The van der Waals surface area contributed by atoms with Gasteiger partial charge >= 0.3 is 6.18 Å². The van der Waals surface area contributed by atoms with Crippen LogP contribution in [0.4, 0.5) is 13.2 Å². The van der Waals surface area contributed by atoms with Crippen molar-refractivity contribution in [2.75, 3.05) is 0 Å². The van der Waals surface area contributed by atoms with E-state index in [-0.39, 0.29) is 0 Å². The lowest BCUT2D eigenvalue weighted by atomic mass is 10.2. The summed E-state index contributed by atoms with van der Waals surface area (Å²) < 4.78 is 38.0. The molecule has 0 radical (unpaired) electrons. The lowest BCUT2D eigenvalue weighted by Gasteiger charge is -2.03. The molecule has 2 rings (SSSR count). The zero-order chi connectivity index (χ0) is 17.0. The largest absolute Gasteiger partial charge is 0.435 e. The highest BCUT2D eigenvalue weighted by molar-refractivity contribution is 6.38. The molecular weight excluding hydrogens is 356 g/mol. The molecule has 23 heavy (non-hydrogen) atoms. The van der Waals surface area contributed by atoms with Crippen molar-refractivity contribution in [2.45, 2.75) is 12.7 Å². The van der Waals surface area contributed by atoms with Gasteiger partial charge in [0.2, 0.25) is 0 Å². The summed E-state index contributed by atoms with van der Waals surface area (Å²) in [5, 5.41) is 7.60. The van der Waals surface area contributed by atoms with Crippen LogP contribution in [0.2, 0.25) is 10.0 Å². The first kappa shape index (κ1) is 17.3. The number of hydrazone groups is 1. The topological polar surface area (TPSA) is 59.3 Å². The van der Waals surface area contributed by atoms with Crippen LogP contribution in [-0.2, 0) is 17.5 Å². The molecule has 1 N–H and O–H groups in total. The monoisotopic (exact) mass is 364 g/mol. The lowest BCUT2D eigenvalue weighted by Crippen LogP contribution is -2.23. The Morgan fingerprint density at radius 2 is 1.96 bits per heavy atom. The average Bonchev–Trinajstić information content (AvgIpc) is 2.90. The number of rotatable bonds is 4. The number of nitrogens with one attached hydrogen (secondary N) is 1. The number of hydrogen-bond acceptors (Lipinski definition) is 3. The van der Waals surface area contributed by atoms with Crippen LogP contribution in [0.25, 0.3) is 0 Å². The molecule has 1 aromatic heterocycles. The minimum Gasteiger partial charge on any atom is -0.271 e. The maximum atomic E-state index is 12.4. The number of nitrogens with zero attached hydrogens (tertiary/aromatic N) is 3. The van der Waals surface area contributed by atoms with E-state index in [4.69, 9.17) is 23.2 Å². The van der Waals surface area contributed by atoms with Crippen molar-refractivity contribution in [1.82, 2.24) is 15.2 Å². The summed E-state index contributed by atoms with van der Waals surface area (Å²) in [6.45, 7) is -0.413. The normalized spacial score (nSPS) is 11.9. The van der Waals surface area contributed by atoms with E-state index in [0.29, 0.717) is 15.6 Å². The molecule has 1 aromatic carbocycles. The second-order valence-electron chi connectivity index (χ2n) is 4.32. The van der Waals surface area contributed by atoms with Crippen LogP contribution < -0.4 is 5.43 Å². The van der Waals surface area contributed by atoms with Crippen LogP contribution >= 0.6 is 23.2 Å². The van der Waals surface area contributed by atoms with Gasteiger partial charge in [-0.2, -0.15) is 23.4 Å². The fourth-order valence-corrected chi connectivity index (χ4v) is 2.08. The molecule has 0 aliphatic carbocycles. The standard InChI is InChI=1S/C13H9Cl2F3N4O/c14-9-2-1-3-10(15)8(9)6-19-20-12(23)7-22-5-4-11(21-22)13(16,17)18/h1-6H,7H2,(H,20,23)/b19-6-. The van der Waals surface area contributed by atoms with E-state index in [1.807, 2.05) is 0 Å². The molecule has 10 heteroatoms. The molecule has 0 unspecified atom stereocenters. The maximum absolute atomic E-state index is 12.4. The van der Waals surface area contributed by atoms with E-state index in [0.717, 1.165) is 16.9 Å². The summed E-state index contributed by atoms with van der Waals surface area (Å²) in [6, 6.07) is 5.62. The number of amides is 1. The fraction of sp³-hybridized carbons (Fsp3) is 0.154. The SMILES string of the molecule is O=C(Cn1ccc(C(F)(F)F)n1)N/N=C\c1c(Cl)cccc1Cl. The Morgan fingerprint density at radius 3 is 2.52 bits per heavy atom. The minimum absolute atomic E-state index is 0.345. The van der Waals surface area contributed by atoms with Crippen molar-refractivity contribution in [3.63, 3.8) is 0 Å². The molecule has 0 aliphatic heterocycles. The fourth-order valence-electron chi connectivity index (χ4n) is 1.59. The zero-order valence-corrected chi connectivity index (χ0v) is 12.8. The van der Waals surface area contributed by atoms with E-state index in [9.17, 15) is 18.0 Å². The highest BCUT2D eigenvalue weighted by atomic mass is 35.5. The van der Waals surface area contributed by atoms with Crippen molar-refractivity contribution >= 4 is 35.3 Å². The molecule has 1 heterocycles. The minimum atomic E-state index is -4.55. The van der Waals surface area contributed by atoms with E-state index in [1.54, 1.807) is 18.2 Å². The van der Waals surface area contributed by atoms with Crippen LogP contribution in [-0.4, -0.2) is 21.9 Å². The molecular formula is C13H9Cl2F3N4O. The maximum Gasteiger partial charge on any atom is 0.435 e. The van der Waals surface area contributed by atoms with Gasteiger partial charge in [-0.05, 0) is 18.2 Å². The molecule has 0 aliphatic rings. The Hall–Kier alpha value is -2.06. The van der Waals surface area contributed by atoms with E-state index < -0.39 is 24.3 Å². The van der Waals surface area contributed by atoms with Gasteiger partial charge in [0, 0.05) is 11.8 Å². The van der Waals surface area contributed by atoms with Gasteiger partial charge in [0.05, 0.1) is 16.3 Å². The number of carbonyl (C=O) groups is 1. The van der Waals surface area contributed by atoms with Gasteiger partial charge in [-0.3, -0.25) is 9.48 Å².